The minimum absolute atomic E-state index is 0.206. The van der Waals surface area contributed by atoms with Crippen molar-refractivity contribution in [2.75, 3.05) is 5.75 Å². The van der Waals surface area contributed by atoms with E-state index in [1.54, 1.807) is 35.7 Å². The smallest absolute Gasteiger partial charge is 0.123 e. The van der Waals surface area contributed by atoms with Crippen LogP contribution in [0.5, 0.6) is 0 Å². The van der Waals surface area contributed by atoms with Crippen molar-refractivity contribution < 1.29 is 4.39 Å². The molecule has 0 saturated heterocycles. The number of hydrogen-bond acceptors (Lipinski definition) is 3. The topological polar surface area (TPSA) is 12.4 Å². The number of unbranched alkanes of at least 4 members (excludes halogenated alkanes) is 3. The molecule has 0 radical (unpaired) electrons. The number of halogens is 1. The van der Waals surface area contributed by atoms with Gasteiger partial charge in [-0.1, -0.05) is 55.6 Å². The average molecular weight is 388 g/mol. The van der Waals surface area contributed by atoms with E-state index < -0.39 is 0 Å². The molecule has 0 aromatic heterocycles. The van der Waals surface area contributed by atoms with E-state index in [1.165, 1.54) is 43.4 Å². The number of hydrogen-bond donors (Lipinski definition) is 0. The molecule has 1 nitrogen and oxygen atoms in total. The van der Waals surface area contributed by atoms with Crippen molar-refractivity contribution in [2.24, 2.45) is 4.99 Å². The molecule has 0 atom stereocenters. The summed E-state index contributed by atoms with van der Waals surface area (Å²) in [5.74, 6) is 0.874. The highest BCUT2D eigenvalue weighted by Gasteiger charge is 1.99. The molecule has 0 N–H and O–H groups in total. The molecule has 2 aromatic carbocycles. The lowest BCUT2D eigenvalue weighted by atomic mass is 10.2. The Bertz CT molecular complexity index is 706. The van der Waals surface area contributed by atoms with Crippen LogP contribution >= 0.6 is 23.5 Å². The maximum absolute atomic E-state index is 13.0. The van der Waals surface area contributed by atoms with E-state index >= 15 is 0 Å². The summed E-state index contributed by atoms with van der Waals surface area (Å²) in [7, 11) is 0. The minimum Gasteiger partial charge on any atom is -0.242 e. The highest BCUT2D eigenvalue weighted by Crippen LogP contribution is 2.22. The van der Waals surface area contributed by atoms with E-state index in [2.05, 4.69) is 32.1 Å². The van der Waals surface area contributed by atoms with E-state index in [0.717, 1.165) is 21.4 Å². The summed E-state index contributed by atoms with van der Waals surface area (Å²) in [6.45, 7) is 4.31. The average Bonchev–Trinajstić information content (AvgIpc) is 2.65. The first-order valence-electron chi connectivity index (χ1n) is 9.04. The Kier molecular flexibility index (Phi) is 9.57. The van der Waals surface area contributed by atoms with Gasteiger partial charge in [0, 0.05) is 4.90 Å². The SMILES string of the molecule is CCCCCCSC(C=CSc1ccc(F)cc1)=Nc1ccc(C)cc1. The maximum atomic E-state index is 13.0. The number of rotatable bonds is 9. The van der Waals surface area contributed by atoms with Gasteiger partial charge in [0.15, 0.2) is 0 Å². The van der Waals surface area contributed by atoms with E-state index in [-0.39, 0.29) is 5.82 Å². The van der Waals surface area contributed by atoms with Crippen molar-refractivity contribution in [1.29, 1.82) is 0 Å². The molecule has 0 heterocycles. The Labute approximate surface area is 165 Å². The van der Waals surface area contributed by atoms with Crippen molar-refractivity contribution >= 4 is 34.3 Å². The molecule has 0 fully saturated rings. The van der Waals surface area contributed by atoms with Crippen LogP contribution in [-0.4, -0.2) is 10.8 Å². The van der Waals surface area contributed by atoms with Crippen molar-refractivity contribution in [2.45, 2.75) is 44.4 Å². The van der Waals surface area contributed by atoms with Gasteiger partial charge >= 0.3 is 0 Å². The Morgan fingerprint density at radius 1 is 1.00 bits per heavy atom. The van der Waals surface area contributed by atoms with Crippen LogP contribution in [-0.2, 0) is 0 Å². The Balaban J connectivity index is 2.00. The summed E-state index contributed by atoms with van der Waals surface area (Å²) in [6.07, 6.45) is 7.09. The van der Waals surface area contributed by atoms with Gasteiger partial charge in [0.05, 0.1) is 10.7 Å². The summed E-state index contributed by atoms with van der Waals surface area (Å²) in [5, 5.41) is 3.04. The number of thioether (sulfide) groups is 2. The van der Waals surface area contributed by atoms with E-state index in [0.29, 0.717) is 0 Å². The Hall–Kier alpha value is -1.52. The molecule has 138 valence electrons. The van der Waals surface area contributed by atoms with Crippen LogP contribution in [0.4, 0.5) is 10.1 Å². The van der Waals surface area contributed by atoms with Crippen molar-refractivity contribution in [3.63, 3.8) is 0 Å². The lowest BCUT2D eigenvalue weighted by molar-refractivity contribution is 0.626. The number of nitrogens with zero attached hydrogens (tertiary/aromatic N) is 1. The fourth-order valence-corrected chi connectivity index (χ4v) is 3.88. The van der Waals surface area contributed by atoms with E-state index in [4.69, 9.17) is 4.99 Å². The van der Waals surface area contributed by atoms with Crippen LogP contribution in [0.1, 0.15) is 38.2 Å². The van der Waals surface area contributed by atoms with Crippen molar-refractivity contribution in [3.8, 4) is 0 Å². The van der Waals surface area contributed by atoms with Gasteiger partial charge in [0.1, 0.15) is 5.82 Å². The van der Waals surface area contributed by atoms with Gasteiger partial charge in [-0.2, -0.15) is 0 Å². The molecule has 0 aliphatic carbocycles. The second kappa shape index (κ2) is 12.0. The van der Waals surface area contributed by atoms with Crippen LogP contribution < -0.4 is 0 Å². The molecular weight excluding hydrogens is 361 g/mol. The summed E-state index contributed by atoms with van der Waals surface area (Å²) < 4.78 is 13.0. The minimum atomic E-state index is -0.206. The zero-order chi connectivity index (χ0) is 18.6. The van der Waals surface area contributed by atoms with Gasteiger partial charge in [-0.15, -0.1) is 11.8 Å². The molecule has 0 spiro atoms. The molecule has 26 heavy (non-hydrogen) atoms. The summed E-state index contributed by atoms with van der Waals surface area (Å²) in [5.41, 5.74) is 2.21. The zero-order valence-electron chi connectivity index (χ0n) is 15.5. The number of aryl methyl sites for hydroxylation is 1. The molecule has 4 heteroatoms. The van der Waals surface area contributed by atoms with E-state index in [1.807, 2.05) is 17.5 Å². The predicted molar refractivity (Wildman–Crippen MR) is 116 cm³/mol. The van der Waals surface area contributed by atoms with Crippen LogP contribution in [0.25, 0.3) is 0 Å². The molecule has 0 saturated carbocycles. The van der Waals surface area contributed by atoms with Crippen LogP contribution in [0.2, 0.25) is 0 Å². The molecule has 0 aliphatic heterocycles. The maximum Gasteiger partial charge on any atom is 0.123 e. The van der Waals surface area contributed by atoms with Gasteiger partial charge < -0.3 is 0 Å². The molecule has 2 aromatic rings. The highest BCUT2D eigenvalue weighted by atomic mass is 32.2. The van der Waals surface area contributed by atoms with Crippen molar-refractivity contribution in [3.05, 3.63) is 71.4 Å². The lowest BCUT2D eigenvalue weighted by Gasteiger charge is -2.03. The van der Waals surface area contributed by atoms with Gasteiger partial charge in [0.25, 0.3) is 0 Å². The third kappa shape index (κ3) is 8.24. The normalized spacial score (nSPS) is 12.0. The second-order valence-corrected chi connectivity index (χ2v) is 8.16. The monoisotopic (exact) mass is 387 g/mol. The summed E-state index contributed by atoms with van der Waals surface area (Å²) in [6, 6.07) is 14.8. The quantitative estimate of drug-likeness (QED) is 0.188. The highest BCUT2D eigenvalue weighted by molar-refractivity contribution is 8.14. The van der Waals surface area contributed by atoms with Gasteiger partial charge in [-0.25, -0.2) is 9.38 Å². The molecule has 2 rings (SSSR count). The van der Waals surface area contributed by atoms with Crippen LogP contribution in [0, 0.1) is 12.7 Å². The first kappa shape index (κ1) is 20.8. The number of benzene rings is 2. The van der Waals surface area contributed by atoms with Gasteiger partial charge in [0.2, 0.25) is 0 Å². The molecular formula is C22H26FNS2. The standard InChI is InChI=1S/C22H26FNS2/c1-3-4-5-6-16-26-22(24-20-11-7-18(2)8-12-20)15-17-25-21-13-9-19(23)10-14-21/h7-15,17H,3-6,16H2,1-2H3. The third-order valence-corrected chi connectivity index (χ3v) is 5.58. The lowest BCUT2D eigenvalue weighted by Crippen LogP contribution is -1.90. The van der Waals surface area contributed by atoms with Gasteiger partial charge in [-0.05, 0) is 67.0 Å². The first-order chi connectivity index (χ1) is 12.7. The second-order valence-electron chi connectivity index (χ2n) is 6.07. The predicted octanol–water partition coefficient (Wildman–Crippen LogP) is 7.78. The largest absolute Gasteiger partial charge is 0.242 e. The van der Waals surface area contributed by atoms with Crippen molar-refractivity contribution in [1.82, 2.24) is 0 Å². The number of aliphatic imine (C=N–C) groups is 1. The fourth-order valence-electron chi connectivity index (χ4n) is 2.25. The first-order valence-corrected chi connectivity index (χ1v) is 10.9. The van der Waals surface area contributed by atoms with E-state index in [9.17, 15) is 4.39 Å². The Morgan fingerprint density at radius 3 is 2.42 bits per heavy atom. The Morgan fingerprint density at radius 2 is 1.73 bits per heavy atom. The van der Waals surface area contributed by atoms with Gasteiger partial charge in [-0.3, -0.25) is 0 Å². The molecule has 0 amide bonds. The summed E-state index contributed by atoms with van der Waals surface area (Å²) >= 11 is 3.37. The molecule has 0 unspecified atom stereocenters. The van der Waals surface area contributed by atoms with Crippen LogP contribution in [0.3, 0.4) is 0 Å². The van der Waals surface area contributed by atoms with Crippen LogP contribution in [0.15, 0.2) is 69.9 Å². The third-order valence-electron chi connectivity index (χ3n) is 3.75. The zero-order valence-corrected chi connectivity index (χ0v) is 17.1. The molecule has 0 aliphatic rings. The summed E-state index contributed by atoms with van der Waals surface area (Å²) in [4.78, 5) is 5.80. The molecule has 0 bridgehead atoms. The fraction of sp³-hybridized carbons (Fsp3) is 0.318.